The summed E-state index contributed by atoms with van der Waals surface area (Å²) in [7, 11) is 0. The van der Waals surface area contributed by atoms with Crippen LogP contribution in [-0.4, -0.2) is 20.5 Å². The zero-order valence-corrected chi connectivity index (χ0v) is 15.9. The van der Waals surface area contributed by atoms with Gasteiger partial charge in [0.25, 0.3) is 5.56 Å². The van der Waals surface area contributed by atoms with Gasteiger partial charge < -0.3 is 4.74 Å². The lowest BCUT2D eigenvalue weighted by Gasteiger charge is -2.19. The van der Waals surface area contributed by atoms with Gasteiger partial charge in [0, 0.05) is 18.0 Å². The van der Waals surface area contributed by atoms with E-state index in [0.717, 1.165) is 5.56 Å². The van der Waals surface area contributed by atoms with Crippen molar-refractivity contribution in [3.63, 3.8) is 0 Å². The molecule has 6 heteroatoms. The van der Waals surface area contributed by atoms with Crippen LogP contribution in [0.3, 0.4) is 0 Å². The maximum absolute atomic E-state index is 13.2. The van der Waals surface area contributed by atoms with Crippen LogP contribution in [0.15, 0.2) is 83.9 Å². The summed E-state index contributed by atoms with van der Waals surface area (Å²) in [5.74, 6) is -0.121. The normalized spacial score (nSPS) is 11.9. The van der Waals surface area contributed by atoms with Gasteiger partial charge in [-0.3, -0.25) is 14.3 Å². The Bertz CT molecular complexity index is 1200. The first kappa shape index (κ1) is 18.6. The Hall–Kier alpha value is -3.80. The summed E-state index contributed by atoms with van der Waals surface area (Å²) < 4.78 is 6.84. The molecule has 0 radical (unpaired) electrons. The predicted molar refractivity (Wildman–Crippen MR) is 110 cm³/mol. The third kappa shape index (κ3) is 3.78. The summed E-state index contributed by atoms with van der Waals surface area (Å²) in [6, 6.07) is 19.2. The topological polar surface area (TPSA) is 74.1 Å². The van der Waals surface area contributed by atoms with Crippen LogP contribution in [0.1, 0.15) is 18.5 Å². The molecule has 0 aliphatic rings. The monoisotopic (exact) mass is 385 g/mol. The third-order valence-corrected chi connectivity index (χ3v) is 4.68. The summed E-state index contributed by atoms with van der Waals surface area (Å²) >= 11 is 0. The van der Waals surface area contributed by atoms with Crippen molar-refractivity contribution in [2.75, 3.05) is 0 Å². The van der Waals surface area contributed by atoms with Crippen LogP contribution in [0.5, 0.6) is 0 Å². The fourth-order valence-corrected chi connectivity index (χ4v) is 3.16. The molecule has 0 saturated heterocycles. The van der Waals surface area contributed by atoms with Crippen LogP contribution in [0, 0.1) is 0 Å². The molecule has 1 unspecified atom stereocenters. The molecule has 4 rings (SSSR count). The number of carbonyl (C=O) groups is 1. The molecule has 0 saturated carbocycles. The van der Waals surface area contributed by atoms with E-state index in [-0.39, 0.29) is 12.2 Å². The van der Waals surface area contributed by atoms with Gasteiger partial charge in [-0.05, 0) is 36.8 Å². The van der Waals surface area contributed by atoms with E-state index in [1.54, 1.807) is 43.6 Å². The van der Waals surface area contributed by atoms with Crippen LogP contribution in [0.25, 0.3) is 22.3 Å². The number of rotatable bonds is 5. The number of fused-ring (bicyclic) bond motifs is 1. The van der Waals surface area contributed by atoms with Crippen molar-refractivity contribution in [2.45, 2.75) is 19.6 Å². The van der Waals surface area contributed by atoms with E-state index < -0.39 is 12.0 Å². The fraction of sp³-hybridized carbons (Fsp3) is 0.130. The number of benzene rings is 2. The highest BCUT2D eigenvalue weighted by atomic mass is 16.5. The van der Waals surface area contributed by atoms with Crippen molar-refractivity contribution in [3.05, 3.63) is 95.0 Å². The maximum Gasteiger partial charge on any atom is 0.329 e. The average molecular weight is 385 g/mol. The van der Waals surface area contributed by atoms with E-state index in [4.69, 9.17) is 4.74 Å². The quantitative estimate of drug-likeness (QED) is 0.489. The third-order valence-electron chi connectivity index (χ3n) is 4.68. The molecule has 1 atom stereocenters. The van der Waals surface area contributed by atoms with Crippen LogP contribution in [0.2, 0.25) is 0 Å². The van der Waals surface area contributed by atoms with Gasteiger partial charge in [-0.25, -0.2) is 9.78 Å². The molecule has 0 fully saturated rings. The SMILES string of the molecule is CC(C(=O)OCc1ccccc1)n1c(-c2cccnc2)nc2ccccc2c1=O. The van der Waals surface area contributed by atoms with Crippen LogP contribution < -0.4 is 5.56 Å². The van der Waals surface area contributed by atoms with Crippen molar-refractivity contribution in [1.29, 1.82) is 0 Å². The molecule has 0 spiro atoms. The van der Waals surface area contributed by atoms with Crippen molar-refractivity contribution in [1.82, 2.24) is 14.5 Å². The molecule has 0 amide bonds. The lowest BCUT2D eigenvalue weighted by Crippen LogP contribution is -2.31. The molecule has 29 heavy (non-hydrogen) atoms. The van der Waals surface area contributed by atoms with Gasteiger partial charge in [-0.2, -0.15) is 0 Å². The number of para-hydroxylation sites is 1. The number of carbonyl (C=O) groups excluding carboxylic acids is 1. The van der Waals surface area contributed by atoms with Crippen molar-refractivity contribution in [3.8, 4) is 11.4 Å². The standard InChI is InChI=1S/C23H19N3O3/c1-16(23(28)29-15-17-8-3-2-4-9-17)26-21(18-10-7-13-24-14-18)25-20-12-6-5-11-19(20)22(26)27/h2-14,16H,15H2,1H3. The summed E-state index contributed by atoms with van der Waals surface area (Å²) in [6.07, 6.45) is 3.26. The Balaban J connectivity index is 1.76. The molecule has 2 heterocycles. The van der Waals surface area contributed by atoms with Crippen molar-refractivity contribution >= 4 is 16.9 Å². The second-order valence-electron chi connectivity index (χ2n) is 6.64. The first-order valence-electron chi connectivity index (χ1n) is 9.27. The van der Waals surface area contributed by atoms with E-state index in [9.17, 15) is 9.59 Å². The summed E-state index contributed by atoms with van der Waals surface area (Å²) in [4.78, 5) is 34.8. The molecule has 144 valence electrons. The van der Waals surface area contributed by atoms with Gasteiger partial charge in [0.1, 0.15) is 18.5 Å². The predicted octanol–water partition coefficient (Wildman–Crippen LogP) is 3.76. The molecular formula is C23H19N3O3. The summed E-state index contributed by atoms with van der Waals surface area (Å²) in [5.41, 5.74) is 1.80. The van der Waals surface area contributed by atoms with E-state index in [2.05, 4.69) is 9.97 Å². The Morgan fingerprint density at radius 1 is 1.03 bits per heavy atom. The van der Waals surface area contributed by atoms with E-state index in [1.807, 2.05) is 42.5 Å². The van der Waals surface area contributed by atoms with E-state index >= 15 is 0 Å². The van der Waals surface area contributed by atoms with Gasteiger partial charge in [0.2, 0.25) is 0 Å². The van der Waals surface area contributed by atoms with Crippen molar-refractivity contribution < 1.29 is 9.53 Å². The highest BCUT2D eigenvalue weighted by molar-refractivity contribution is 5.81. The highest BCUT2D eigenvalue weighted by Crippen LogP contribution is 2.22. The molecule has 0 aliphatic carbocycles. The first-order valence-corrected chi connectivity index (χ1v) is 9.27. The highest BCUT2D eigenvalue weighted by Gasteiger charge is 2.24. The number of nitrogens with zero attached hydrogens (tertiary/aromatic N) is 3. The number of esters is 1. The zero-order chi connectivity index (χ0) is 20.2. The van der Waals surface area contributed by atoms with Crippen LogP contribution in [0.4, 0.5) is 0 Å². The van der Waals surface area contributed by atoms with Gasteiger partial charge >= 0.3 is 5.97 Å². The maximum atomic E-state index is 13.2. The van der Waals surface area contributed by atoms with Crippen molar-refractivity contribution in [2.24, 2.45) is 0 Å². The smallest absolute Gasteiger partial charge is 0.329 e. The van der Waals surface area contributed by atoms with Gasteiger partial charge in [0.05, 0.1) is 10.9 Å². The van der Waals surface area contributed by atoms with E-state index in [0.29, 0.717) is 22.3 Å². The Kier molecular flexibility index (Phi) is 5.16. The molecule has 2 aromatic heterocycles. The lowest BCUT2D eigenvalue weighted by atomic mass is 10.2. The number of hydrogen-bond donors (Lipinski definition) is 0. The van der Waals surface area contributed by atoms with Gasteiger partial charge in [0.15, 0.2) is 0 Å². The van der Waals surface area contributed by atoms with E-state index in [1.165, 1.54) is 4.57 Å². The number of ether oxygens (including phenoxy) is 1. The minimum atomic E-state index is -0.849. The second-order valence-corrected chi connectivity index (χ2v) is 6.64. The summed E-state index contributed by atoms with van der Waals surface area (Å²) in [6.45, 7) is 1.78. The Morgan fingerprint density at radius 3 is 2.55 bits per heavy atom. The van der Waals surface area contributed by atoms with Gasteiger partial charge in [-0.1, -0.05) is 42.5 Å². The molecule has 2 aromatic carbocycles. The fourth-order valence-electron chi connectivity index (χ4n) is 3.16. The zero-order valence-electron chi connectivity index (χ0n) is 15.9. The average Bonchev–Trinajstić information content (AvgIpc) is 2.78. The molecule has 0 aliphatic heterocycles. The molecule has 4 aromatic rings. The first-order chi connectivity index (χ1) is 14.1. The van der Waals surface area contributed by atoms with Gasteiger partial charge in [-0.15, -0.1) is 0 Å². The van der Waals surface area contributed by atoms with Crippen LogP contribution >= 0.6 is 0 Å². The molecular weight excluding hydrogens is 366 g/mol. The lowest BCUT2D eigenvalue weighted by molar-refractivity contribution is -0.148. The minimum Gasteiger partial charge on any atom is -0.459 e. The number of aromatic nitrogens is 3. The molecule has 0 bridgehead atoms. The number of hydrogen-bond acceptors (Lipinski definition) is 5. The molecule has 0 N–H and O–H groups in total. The van der Waals surface area contributed by atoms with Crippen LogP contribution in [-0.2, 0) is 16.1 Å². The summed E-state index contributed by atoms with van der Waals surface area (Å²) in [5, 5.41) is 0.447. The second kappa shape index (κ2) is 8.06. The Morgan fingerprint density at radius 2 is 1.79 bits per heavy atom. The molecule has 6 nitrogen and oxygen atoms in total. The largest absolute Gasteiger partial charge is 0.459 e. The minimum absolute atomic E-state index is 0.141. The number of pyridine rings is 1. The Labute approximate surface area is 167 Å².